The number of hydrazone groups is 1. The van der Waals surface area contributed by atoms with Crippen molar-refractivity contribution in [2.24, 2.45) is 5.10 Å². The Morgan fingerprint density at radius 2 is 1.75 bits per heavy atom. The molecule has 1 aliphatic heterocycles. The molecule has 0 aromatic heterocycles. The van der Waals surface area contributed by atoms with Crippen LogP contribution >= 0.6 is 15.9 Å². The van der Waals surface area contributed by atoms with Gasteiger partial charge in [0.15, 0.2) is 0 Å². The summed E-state index contributed by atoms with van der Waals surface area (Å²) >= 11 is 3.33. The van der Waals surface area contributed by atoms with Crippen LogP contribution in [0.15, 0.2) is 58.1 Å². The molecule has 2 aromatic rings. The van der Waals surface area contributed by atoms with Gasteiger partial charge in [-0.2, -0.15) is 5.10 Å². The Morgan fingerprint density at radius 3 is 2.42 bits per heavy atom. The number of hydrogen-bond donors (Lipinski definition) is 1. The van der Waals surface area contributed by atoms with Gasteiger partial charge >= 0.3 is 0 Å². The second-order valence-corrected chi connectivity index (χ2v) is 6.11. The van der Waals surface area contributed by atoms with Crippen molar-refractivity contribution in [2.75, 3.05) is 10.3 Å². The summed E-state index contributed by atoms with van der Waals surface area (Å²) in [5.41, 5.74) is 1.31. The standard InChI is InChI=1S/C17H13BrFN3O2/c18-11-1-7-14(8-2-11)22-16(23)10-9-15(21-22)17(24)20-13-5-3-12(19)4-6-13/h1-8H,9-10H2,(H,20,24). The van der Waals surface area contributed by atoms with E-state index in [1.165, 1.54) is 29.3 Å². The third-order valence-corrected chi connectivity index (χ3v) is 4.00. The highest BCUT2D eigenvalue weighted by molar-refractivity contribution is 9.10. The number of benzene rings is 2. The van der Waals surface area contributed by atoms with Crippen LogP contribution in [0.1, 0.15) is 12.8 Å². The molecule has 0 spiro atoms. The van der Waals surface area contributed by atoms with Crippen molar-refractivity contribution >= 4 is 44.8 Å². The third kappa shape index (κ3) is 3.68. The Morgan fingerprint density at radius 1 is 1.08 bits per heavy atom. The van der Waals surface area contributed by atoms with Crippen LogP contribution in [0.25, 0.3) is 0 Å². The minimum atomic E-state index is -0.406. The van der Waals surface area contributed by atoms with Crippen molar-refractivity contribution in [3.63, 3.8) is 0 Å². The monoisotopic (exact) mass is 389 g/mol. The second-order valence-electron chi connectivity index (χ2n) is 5.19. The van der Waals surface area contributed by atoms with Crippen LogP contribution in [0.4, 0.5) is 15.8 Å². The van der Waals surface area contributed by atoms with Gasteiger partial charge < -0.3 is 5.32 Å². The quantitative estimate of drug-likeness (QED) is 0.869. The zero-order chi connectivity index (χ0) is 17.1. The normalized spacial score (nSPS) is 14.3. The van der Waals surface area contributed by atoms with E-state index in [4.69, 9.17) is 0 Å². The number of rotatable bonds is 3. The fourth-order valence-corrected chi connectivity index (χ4v) is 2.50. The molecule has 5 nitrogen and oxygen atoms in total. The lowest BCUT2D eigenvalue weighted by Crippen LogP contribution is -2.36. The first-order chi connectivity index (χ1) is 11.5. The van der Waals surface area contributed by atoms with E-state index in [1.54, 1.807) is 24.3 Å². The first-order valence-corrected chi connectivity index (χ1v) is 8.05. The van der Waals surface area contributed by atoms with Crippen molar-refractivity contribution in [3.05, 3.63) is 58.8 Å². The summed E-state index contributed by atoms with van der Waals surface area (Å²) in [6, 6.07) is 12.5. The number of halogens is 2. The van der Waals surface area contributed by atoms with Gasteiger partial charge in [-0.05, 0) is 48.5 Å². The van der Waals surface area contributed by atoms with Crippen LogP contribution in [-0.4, -0.2) is 17.5 Å². The maximum absolute atomic E-state index is 12.9. The van der Waals surface area contributed by atoms with Gasteiger partial charge in [0.25, 0.3) is 5.91 Å². The topological polar surface area (TPSA) is 61.8 Å². The number of anilines is 2. The van der Waals surface area contributed by atoms with E-state index in [-0.39, 0.29) is 30.3 Å². The first kappa shape index (κ1) is 16.3. The maximum atomic E-state index is 12.9. The fraction of sp³-hybridized carbons (Fsp3) is 0.118. The van der Waals surface area contributed by atoms with E-state index in [0.29, 0.717) is 11.4 Å². The maximum Gasteiger partial charge on any atom is 0.271 e. The number of carbonyl (C=O) groups excluding carboxylic acids is 2. The summed E-state index contributed by atoms with van der Waals surface area (Å²) in [5, 5.41) is 8.06. The molecule has 2 aromatic carbocycles. The van der Waals surface area contributed by atoms with Crippen LogP contribution in [0.5, 0.6) is 0 Å². The number of carbonyl (C=O) groups is 2. The molecule has 24 heavy (non-hydrogen) atoms. The first-order valence-electron chi connectivity index (χ1n) is 7.26. The summed E-state index contributed by atoms with van der Waals surface area (Å²) in [7, 11) is 0. The molecule has 2 amide bonds. The van der Waals surface area contributed by atoms with E-state index >= 15 is 0 Å². The van der Waals surface area contributed by atoms with E-state index in [0.717, 1.165) is 4.47 Å². The molecule has 0 saturated carbocycles. The smallest absolute Gasteiger partial charge is 0.271 e. The van der Waals surface area contributed by atoms with Crippen LogP contribution < -0.4 is 10.3 Å². The Bertz CT molecular complexity index is 804. The highest BCUT2D eigenvalue weighted by Gasteiger charge is 2.25. The molecule has 7 heteroatoms. The molecule has 0 radical (unpaired) electrons. The highest BCUT2D eigenvalue weighted by Crippen LogP contribution is 2.23. The summed E-state index contributed by atoms with van der Waals surface area (Å²) in [6.07, 6.45) is 0.463. The molecule has 1 aliphatic rings. The summed E-state index contributed by atoms with van der Waals surface area (Å²) < 4.78 is 13.8. The minimum Gasteiger partial charge on any atom is -0.321 e. The largest absolute Gasteiger partial charge is 0.321 e. The van der Waals surface area contributed by atoms with Crippen LogP contribution in [-0.2, 0) is 9.59 Å². The van der Waals surface area contributed by atoms with Crippen molar-refractivity contribution in [1.82, 2.24) is 0 Å². The molecule has 0 atom stereocenters. The predicted molar refractivity (Wildman–Crippen MR) is 93.3 cm³/mol. The molecule has 0 aliphatic carbocycles. The van der Waals surface area contributed by atoms with E-state index in [9.17, 15) is 14.0 Å². The average Bonchev–Trinajstić information content (AvgIpc) is 2.58. The van der Waals surface area contributed by atoms with Crippen molar-refractivity contribution in [1.29, 1.82) is 0 Å². The van der Waals surface area contributed by atoms with Gasteiger partial charge in [0.2, 0.25) is 5.91 Å². The molecule has 0 saturated heterocycles. The molecule has 122 valence electrons. The lowest BCUT2D eigenvalue weighted by molar-refractivity contribution is -0.118. The fourth-order valence-electron chi connectivity index (χ4n) is 2.24. The molecule has 3 rings (SSSR count). The van der Waals surface area contributed by atoms with Crippen LogP contribution in [0.2, 0.25) is 0 Å². The van der Waals surface area contributed by atoms with Gasteiger partial charge in [0.1, 0.15) is 11.5 Å². The van der Waals surface area contributed by atoms with Crippen LogP contribution in [0, 0.1) is 5.82 Å². The van der Waals surface area contributed by atoms with E-state index in [1.807, 2.05) is 0 Å². The molecule has 0 fully saturated rings. The minimum absolute atomic E-state index is 0.171. The van der Waals surface area contributed by atoms with E-state index in [2.05, 4.69) is 26.3 Å². The van der Waals surface area contributed by atoms with Crippen molar-refractivity contribution in [2.45, 2.75) is 12.8 Å². The molecule has 1 heterocycles. The second kappa shape index (κ2) is 6.92. The molecule has 0 bridgehead atoms. The zero-order valence-corrected chi connectivity index (χ0v) is 14.1. The van der Waals surface area contributed by atoms with Gasteiger partial charge in [-0.1, -0.05) is 15.9 Å². The number of nitrogens with zero attached hydrogens (tertiary/aromatic N) is 2. The van der Waals surface area contributed by atoms with Gasteiger partial charge in [0.05, 0.1) is 5.69 Å². The lowest BCUT2D eigenvalue weighted by Gasteiger charge is -2.23. The highest BCUT2D eigenvalue weighted by atomic mass is 79.9. The molecule has 0 unspecified atom stereocenters. The average molecular weight is 390 g/mol. The van der Waals surface area contributed by atoms with Crippen LogP contribution in [0.3, 0.4) is 0 Å². The molecule has 1 N–H and O–H groups in total. The zero-order valence-electron chi connectivity index (χ0n) is 12.5. The summed E-state index contributed by atoms with van der Waals surface area (Å²) in [4.78, 5) is 24.4. The van der Waals surface area contributed by atoms with Gasteiger partial charge in [-0.15, -0.1) is 0 Å². The van der Waals surface area contributed by atoms with Crippen molar-refractivity contribution in [3.8, 4) is 0 Å². The third-order valence-electron chi connectivity index (χ3n) is 3.47. The van der Waals surface area contributed by atoms with Gasteiger partial charge in [-0.3, -0.25) is 9.59 Å². The van der Waals surface area contributed by atoms with Gasteiger partial charge in [0, 0.05) is 23.0 Å². The van der Waals surface area contributed by atoms with E-state index < -0.39 is 5.91 Å². The predicted octanol–water partition coefficient (Wildman–Crippen LogP) is 3.71. The summed E-state index contributed by atoms with van der Waals surface area (Å²) in [6.45, 7) is 0. The Kier molecular flexibility index (Phi) is 4.71. The molecular weight excluding hydrogens is 377 g/mol. The van der Waals surface area contributed by atoms with Crippen molar-refractivity contribution < 1.29 is 14.0 Å². The Labute approximate surface area is 146 Å². The van der Waals surface area contributed by atoms with Gasteiger partial charge in [-0.25, -0.2) is 9.40 Å². The Hall–Kier alpha value is -2.54. The Balaban J connectivity index is 1.80. The SMILES string of the molecule is O=C(Nc1ccc(F)cc1)C1=NN(c2ccc(Br)cc2)C(=O)CC1. The number of nitrogens with one attached hydrogen (secondary N) is 1. The summed E-state index contributed by atoms with van der Waals surface area (Å²) in [5.74, 6) is -0.957. The molecular formula is C17H13BrFN3O2. The number of hydrogen-bond acceptors (Lipinski definition) is 3. The lowest BCUT2D eigenvalue weighted by atomic mass is 10.1. The number of amides is 2.